The topological polar surface area (TPSA) is 59.7 Å². The molecular formula is C26H21N3O2. The van der Waals surface area contributed by atoms with Crippen LogP contribution in [0.15, 0.2) is 91.1 Å². The molecule has 5 aromatic rings. The number of fused-ring (bicyclic) bond motifs is 1. The second-order valence-electron chi connectivity index (χ2n) is 7.31. The number of rotatable bonds is 5. The van der Waals surface area contributed by atoms with Gasteiger partial charge in [0.05, 0.1) is 18.5 Å². The van der Waals surface area contributed by atoms with Gasteiger partial charge in [0.2, 0.25) is 5.88 Å². The van der Waals surface area contributed by atoms with E-state index in [1.165, 1.54) is 0 Å². The number of ether oxygens (including phenoxy) is 1. The highest BCUT2D eigenvalue weighted by molar-refractivity contribution is 5.72. The molecule has 0 radical (unpaired) electrons. The number of benzene rings is 3. The number of nitrogens with zero attached hydrogens (tertiary/aromatic N) is 3. The Morgan fingerprint density at radius 3 is 2.16 bits per heavy atom. The fourth-order valence-electron chi connectivity index (χ4n) is 3.69. The predicted molar refractivity (Wildman–Crippen MR) is 121 cm³/mol. The van der Waals surface area contributed by atoms with Gasteiger partial charge in [0, 0.05) is 23.7 Å². The van der Waals surface area contributed by atoms with E-state index in [-0.39, 0.29) is 5.88 Å². The number of aromatic nitrogens is 3. The largest absolute Gasteiger partial charge is 0.497 e. The first-order valence-corrected chi connectivity index (χ1v) is 10.1. The molecule has 0 bridgehead atoms. The van der Waals surface area contributed by atoms with Gasteiger partial charge in [0.15, 0.2) is 5.65 Å². The maximum Gasteiger partial charge on any atom is 0.224 e. The summed E-state index contributed by atoms with van der Waals surface area (Å²) < 4.78 is 7.00. The average molecular weight is 407 g/mol. The van der Waals surface area contributed by atoms with E-state index in [1.807, 2.05) is 79.0 Å². The lowest BCUT2D eigenvalue weighted by Gasteiger charge is -2.09. The van der Waals surface area contributed by atoms with Crippen LogP contribution in [0.2, 0.25) is 0 Å². The molecular weight excluding hydrogens is 386 g/mol. The standard InChI is InChI=1S/C26H21N3O2/c1-31-21-14-12-19(13-15-21)23-17-29-25(22(27-23)16-18-8-4-2-5-9-18)28-24(26(29)30)20-10-6-3-7-11-20/h2-15,17,30H,16H2,1H3. The molecule has 0 amide bonds. The van der Waals surface area contributed by atoms with Crippen molar-refractivity contribution < 1.29 is 9.84 Å². The van der Waals surface area contributed by atoms with E-state index >= 15 is 0 Å². The van der Waals surface area contributed by atoms with Gasteiger partial charge in [-0.15, -0.1) is 0 Å². The van der Waals surface area contributed by atoms with Gasteiger partial charge in [-0.25, -0.2) is 9.97 Å². The third-order valence-corrected chi connectivity index (χ3v) is 5.30. The van der Waals surface area contributed by atoms with Crippen LogP contribution in [-0.4, -0.2) is 26.6 Å². The molecule has 0 aliphatic heterocycles. The van der Waals surface area contributed by atoms with Crippen molar-refractivity contribution in [3.8, 4) is 34.1 Å². The first-order chi connectivity index (χ1) is 15.2. The third kappa shape index (κ3) is 3.62. The van der Waals surface area contributed by atoms with E-state index < -0.39 is 0 Å². The van der Waals surface area contributed by atoms with Crippen molar-refractivity contribution in [2.45, 2.75) is 6.42 Å². The summed E-state index contributed by atoms with van der Waals surface area (Å²) in [7, 11) is 1.64. The summed E-state index contributed by atoms with van der Waals surface area (Å²) in [5.74, 6) is 0.888. The van der Waals surface area contributed by atoms with Crippen LogP contribution in [0.5, 0.6) is 11.6 Å². The van der Waals surface area contributed by atoms with Gasteiger partial charge in [0.25, 0.3) is 0 Å². The molecule has 2 aromatic heterocycles. The van der Waals surface area contributed by atoms with Crippen LogP contribution in [-0.2, 0) is 6.42 Å². The minimum atomic E-state index is 0.104. The highest BCUT2D eigenvalue weighted by Crippen LogP contribution is 2.32. The number of aromatic hydroxyl groups is 1. The van der Waals surface area contributed by atoms with Gasteiger partial charge in [-0.3, -0.25) is 4.40 Å². The Bertz CT molecular complexity index is 1330. The molecule has 0 saturated carbocycles. The molecule has 1 N–H and O–H groups in total. The van der Waals surface area contributed by atoms with Crippen molar-refractivity contribution in [2.24, 2.45) is 0 Å². The second-order valence-corrected chi connectivity index (χ2v) is 7.31. The highest BCUT2D eigenvalue weighted by atomic mass is 16.5. The Morgan fingerprint density at radius 2 is 1.48 bits per heavy atom. The van der Waals surface area contributed by atoms with Crippen LogP contribution < -0.4 is 4.74 Å². The fraction of sp³-hybridized carbons (Fsp3) is 0.0769. The molecule has 5 nitrogen and oxygen atoms in total. The van der Waals surface area contributed by atoms with E-state index in [1.54, 1.807) is 11.5 Å². The normalized spacial score (nSPS) is 11.0. The molecule has 0 atom stereocenters. The Morgan fingerprint density at radius 1 is 0.806 bits per heavy atom. The van der Waals surface area contributed by atoms with Gasteiger partial charge in [-0.2, -0.15) is 0 Å². The SMILES string of the molecule is COc1ccc(-c2cn3c(O)c(-c4ccccc4)nc3c(Cc3ccccc3)n2)cc1. The lowest BCUT2D eigenvalue weighted by atomic mass is 10.1. The van der Waals surface area contributed by atoms with Crippen molar-refractivity contribution in [3.63, 3.8) is 0 Å². The first-order valence-electron chi connectivity index (χ1n) is 10.1. The molecule has 2 heterocycles. The quantitative estimate of drug-likeness (QED) is 0.426. The van der Waals surface area contributed by atoms with E-state index in [0.717, 1.165) is 33.8 Å². The summed E-state index contributed by atoms with van der Waals surface area (Å²) in [6, 6.07) is 27.6. The minimum absolute atomic E-state index is 0.104. The monoisotopic (exact) mass is 407 g/mol. The molecule has 0 fully saturated rings. The van der Waals surface area contributed by atoms with Gasteiger partial charge < -0.3 is 9.84 Å². The molecule has 0 spiro atoms. The van der Waals surface area contributed by atoms with E-state index in [2.05, 4.69) is 12.1 Å². The van der Waals surface area contributed by atoms with Crippen molar-refractivity contribution in [1.29, 1.82) is 0 Å². The molecule has 31 heavy (non-hydrogen) atoms. The molecule has 3 aromatic carbocycles. The van der Waals surface area contributed by atoms with E-state index in [4.69, 9.17) is 14.7 Å². The Labute approximate surface area is 180 Å². The fourth-order valence-corrected chi connectivity index (χ4v) is 3.69. The minimum Gasteiger partial charge on any atom is -0.497 e. The molecule has 0 unspecified atom stereocenters. The molecule has 5 heteroatoms. The highest BCUT2D eigenvalue weighted by Gasteiger charge is 2.18. The molecule has 5 rings (SSSR count). The molecule has 0 saturated heterocycles. The first kappa shape index (κ1) is 18.9. The third-order valence-electron chi connectivity index (χ3n) is 5.30. The van der Waals surface area contributed by atoms with Gasteiger partial charge in [0.1, 0.15) is 11.4 Å². The van der Waals surface area contributed by atoms with Crippen molar-refractivity contribution >= 4 is 5.65 Å². The maximum atomic E-state index is 11.0. The van der Waals surface area contributed by atoms with Crippen LogP contribution in [0.1, 0.15) is 11.3 Å². The van der Waals surface area contributed by atoms with Gasteiger partial charge in [-0.1, -0.05) is 60.7 Å². The Hall–Kier alpha value is -4.12. The zero-order valence-electron chi connectivity index (χ0n) is 17.1. The van der Waals surface area contributed by atoms with Crippen LogP contribution in [0.3, 0.4) is 0 Å². The maximum absolute atomic E-state index is 11.0. The van der Waals surface area contributed by atoms with Crippen molar-refractivity contribution in [3.05, 3.63) is 102 Å². The van der Waals surface area contributed by atoms with E-state index in [0.29, 0.717) is 17.8 Å². The second kappa shape index (κ2) is 7.95. The van der Waals surface area contributed by atoms with Crippen LogP contribution in [0.25, 0.3) is 28.2 Å². The summed E-state index contributed by atoms with van der Waals surface area (Å²) in [6.07, 6.45) is 2.44. The van der Waals surface area contributed by atoms with Gasteiger partial charge >= 0.3 is 0 Å². The number of imidazole rings is 1. The summed E-state index contributed by atoms with van der Waals surface area (Å²) >= 11 is 0. The molecule has 0 aliphatic rings. The number of methoxy groups -OCH3 is 1. The molecule has 0 aliphatic carbocycles. The Balaban J connectivity index is 1.70. The lowest BCUT2D eigenvalue weighted by Crippen LogP contribution is -2.01. The van der Waals surface area contributed by atoms with Crippen LogP contribution in [0, 0.1) is 0 Å². The summed E-state index contributed by atoms with van der Waals surface area (Å²) in [6.45, 7) is 0. The summed E-state index contributed by atoms with van der Waals surface area (Å²) in [4.78, 5) is 9.71. The average Bonchev–Trinajstić information content (AvgIpc) is 3.17. The zero-order valence-corrected chi connectivity index (χ0v) is 17.1. The zero-order chi connectivity index (χ0) is 21.2. The van der Waals surface area contributed by atoms with Gasteiger partial charge in [-0.05, 0) is 29.8 Å². The van der Waals surface area contributed by atoms with Crippen molar-refractivity contribution in [2.75, 3.05) is 7.11 Å². The predicted octanol–water partition coefficient (Wildman–Crippen LogP) is 5.37. The number of hydrogen-bond donors (Lipinski definition) is 1. The summed E-state index contributed by atoms with van der Waals surface area (Å²) in [5.41, 5.74) is 5.69. The smallest absolute Gasteiger partial charge is 0.224 e. The Kier molecular flexibility index (Phi) is 4.84. The van der Waals surface area contributed by atoms with Crippen LogP contribution in [0.4, 0.5) is 0 Å². The summed E-state index contributed by atoms with van der Waals surface area (Å²) in [5, 5.41) is 11.0. The van der Waals surface area contributed by atoms with E-state index in [9.17, 15) is 5.11 Å². The number of hydrogen-bond acceptors (Lipinski definition) is 4. The molecule has 152 valence electrons. The van der Waals surface area contributed by atoms with Crippen LogP contribution >= 0.6 is 0 Å². The lowest BCUT2D eigenvalue weighted by molar-refractivity contribution is 0.415. The van der Waals surface area contributed by atoms with Crippen molar-refractivity contribution in [1.82, 2.24) is 14.4 Å².